The molecule has 29 heavy (non-hydrogen) atoms. The first-order chi connectivity index (χ1) is 14.1. The number of benzene rings is 2. The minimum absolute atomic E-state index is 0.0505. The Hall–Kier alpha value is -2.86. The van der Waals surface area contributed by atoms with Gasteiger partial charge in [-0.15, -0.1) is 0 Å². The minimum atomic E-state index is -1.05. The van der Waals surface area contributed by atoms with Crippen LogP contribution in [-0.2, 0) is 14.3 Å². The summed E-state index contributed by atoms with van der Waals surface area (Å²) < 4.78 is 10.4. The summed E-state index contributed by atoms with van der Waals surface area (Å²) in [5.74, 6) is -1.10. The number of carbonyl (C=O) groups is 2. The summed E-state index contributed by atoms with van der Waals surface area (Å²) in [7, 11) is 1.64. The van der Waals surface area contributed by atoms with Crippen LogP contribution in [0.15, 0.2) is 48.5 Å². The van der Waals surface area contributed by atoms with Crippen LogP contribution in [0, 0.1) is 0 Å². The lowest BCUT2D eigenvalue weighted by molar-refractivity contribution is -0.139. The molecule has 0 heterocycles. The van der Waals surface area contributed by atoms with Crippen molar-refractivity contribution in [3.05, 3.63) is 59.7 Å². The summed E-state index contributed by atoms with van der Waals surface area (Å²) in [4.78, 5) is 23.7. The predicted octanol–water partition coefficient (Wildman–Crippen LogP) is 4.19. The van der Waals surface area contributed by atoms with Crippen LogP contribution in [0.25, 0.3) is 11.1 Å². The van der Waals surface area contributed by atoms with Crippen LogP contribution in [0.5, 0.6) is 0 Å². The Bertz CT molecular complexity index is 805. The molecular weight excluding hydrogens is 370 g/mol. The Morgan fingerprint density at radius 3 is 2.21 bits per heavy atom. The van der Waals surface area contributed by atoms with Crippen molar-refractivity contribution >= 4 is 12.1 Å². The van der Waals surface area contributed by atoms with Crippen molar-refractivity contribution in [1.82, 2.24) is 5.32 Å². The van der Waals surface area contributed by atoms with Gasteiger partial charge in [-0.1, -0.05) is 61.4 Å². The molecule has 1 aliphatic rings. The highest BCUT2D eigenvalue weighted by atomic mass is 16.5. The minimum Gasteiger partial charge on any atom is -0.480 e. The van der Waals surface area contributed by atoms with Gasteiger partial charge in [0.25, 0.3) is 0 Å². The fourth-order valence-electron chi connectivity index (χ4n) is 3.81. The molecule has 154 valence electrons. The molecule has 1 aliphatic carbocycles. The van der Waals surface area contributed by atoms with Gasteiger partial charge < -0.3 is 19.9 Å². The van der Waals surface area contributed by atoms with Crippen molar-refractivity contribution < 1.29 is 24.2 Å². The van der Waals surface area contributed by atoms with Gasteiger partial charge in [0.1, 0.15) is 12.6 Å². The molecule has 0 fully saturated rings. The van der Waals surface area contributed by atoms with E-state index in [0.717, 1.165) is 35.1 Å². The summed E-state index contributed by atoms with van der Waals surface area (Å²) in [5, 5.41) is 11.9. The van der Waals surface area contributed by atoms with E-state index in [1.165, 1.54) is 0 Å². The van der Waals surface area contributed by atoms with Crippen LogP contribution in [0.1, 0.15) is 42.7 Å². The van der Waals surface area contributed by atoms with Gasteiger partial charge >= 0.3 is 12.1 Å². The number of rotatable bonds is 10. The van der Waals surface area contributed by atoms with Crippen LogP contribution in [0.3, 0.4) is 0 Å². The Morgan fingerprint density at radius 2 is 1.62 bits per heavy atom. The number of carboxylic acids is 1. The SMILES string of the molecule is COCCCCCC(NC(=O)OCC1c2ccccc2-c2ccccc21)C(=O)O. The molecule has 0 radical (unpaired) electrons. The van der Waals surface area contributed by atoms with Crippen molar-refractivity contribution in [3.8, 4) is 11.1 Å². The third-order valence-electron chi connectivity index (χ3n) is 5.28. The van der Waals surface area contributed by atoms with Crippen LogP contribution < -0.4 is 5.32 Å². The fraction of sp³-hybridized carbons (Fsp3) is 0.391. The van der Waals surface area contributed by atoms with Gasteiger partial charge in [-0.25, -0.2) is 9.59 Å². The van der Waals surface area contributed by atoms with Crippen molar-refractivity contribution in [3.63, 3.8) is 0 Å². The molecule has 1 atom stereocenters. The van der Waals surface area contributed by atoms with Crippen molar-refractivity contribution in [2.24, 2.45) is 0 Å². The first-order valence-electron chi connectivity index (χ1n) is 9.95. The maximum Gasteiger partial charge on any atom is 0.407 e. The van der Waals surface area contributed by atoms with Gasteiger partial charge in [-0.3, -0.25) is 0 Å². The predicted molar refractivity (Wildman–Crippen MR) is 110 cm³/mol. The van der Waals surface area contributed by atoms with E-state index < -0.39 is 18.1 Å². The quantitative estimate of drug-likeness (QED) is 0.588. The van der Waals surface area contributed by atoms with Crippen molar-refractivity contribution in [2.45, 2.75) is 37.6 Å². The highest BCUT2D eigenvalue weighted by Gasteiger charge is 2.29. The number of hydrogen-bond donors (Lipinski definition) is 2. The van der Waals surface area contributed by atoms with E-state index in [2.05, 4.69) is 17.4 Å². The van der Waals surface area contributed by atoms with Gasteiger partial charge in [0.05, 0.1) is 0 Å². The first kappa shape index (κ1) is 20.9. The number of hydrogen-bond acceptors (Lipinski definition) is 4. The third kappa shape index (κ3) is 5.15. The van der Waals surface area contributed by atoms with Crippen LogP contribution in [-0.4, -0.2) is 43.5 Å². The van der Waals surface area contributed by atoms with Crippen molar-refractivity contribution in [2.75, 3.05) is 20.3 Å². The molecule has 2 aromatic rings. The first-order valence-corrected chi connectivity index (χ1v) is 9.95. The Labute approximate surface area is 170 Å². The molecule has 1 unspecified atom stereocenters. The average Bonchev–Trinajstić information content (AvgIpc) is 3.05. The summed E-state index contributed by atoms with van der Waals surface area (Å²) in [6.45, 7) is 0.817. The zero-order valence-electron chi connectivity index (χ0n) is 16.6. The van der Waals surface area contributed by atoms with E-state index >= 15 is 0 Å². The fourth-order valence-corrected chi connectivity index (χ4v) is 3.81. The van der Waals surface area contributed by atoms with Gasteiger partial charge in [0, 0.05) is 19.6 Å². The number of ether oxygens (including phenoxy) is 2. The molecule has 6 nitrogen and oxygen atoms in total. The summed E-state index contributed by atoms with van der Waals surface area (Å²) in [5.41, 5.74) is 4.54. The second kappa shape index (κ2) is 10.1. The van der Waals surface area contributed by atoms with Gasteiger partial charge in [0.15, 0.2) is 0 Å². The highest BCUT2D eigenvalue weighted by molar-refractivity contribution is 5.81. The Balaban J connectivity index is 1.56. The largest absolute Gasteiger partial charge is 0.480 e. The molecule has 3 rings (SSSR count). The zero-order chi connectivity index (χ0) is 20.6. The number of carboxylic acid groups (broad SMARTS) is 1. The topological polar surface area (TPSA) is 84.9 Å². The number of alkyl carbamates (subject to hydrolysis) is 1. The van der Waals surface area contributed by atoms with Gasteiger partial charge in [0.2, 0.25) is 0 Å². The molecular formula is C23H27NO5. The maximum absolute atomic E-state index is 12.3. The second-order valence-electron chi connectivity index (χ2n) is 7.20. The van der Waals surface area contributed by atoms with Crippen LogP contribution >= 0.6 is 0 Å². The summed E-state index contributed by atoms with van der Waals surface area (Å²) in [6, 6.07) is 15.2. The number of nitrogens with one attached hydrogen (secondary N) is 1. The Morgan fingerprint density at radius 1 is 1.00 bits per heavy atom. The third-order valence-corrected chi connectivity index (χ3v) is 5.28. The van der Waals surface area contributed by atoms with Crippen LogP contribution in [0.2, 0.25) is 0 Å². The molecule has 1 amide bonds. The van der Waals surface area contributed by atoms with Gasteiger partial charge in [-0.2, -0.15) is 0 Å². The normalized spacial score (nSPS) is 13.4. The number of fused-ring (bicyclic) bond motifs is 3. The lowest BCUT2D eigenvalue weighted by Gasteiger charge is -2.17. The van der Waals surface area contributed by atoms with E-state index in [9.17, 15) is 14.7 Å². The number of amides is 1. The molecule has 0 aliphatic heterocycles. The number of unbranched alkanes of at least 4 members (excludes halogenated alkanes) is 2. The molecule has 2 N–H and O–H groups in total. The van der Waals surface area contributed by atoms with E-state index in [4.69, 9.17) is 9.47 Å². The van der Waals surface area contributed by atoms with Gasteiger partial charge in [-0.05, 0) is 35.1 Å². The zero-order valence-corrected chi connectivity index (χ0v) is 16.6. The number of carbonyl (C=O) groups excluding carboxylic acids is 1. The summed E-state index contributed by atoms with van der Waals surface area (Å²) >= 11 is 0. The monoisotopic (exact) mass is 397 g/mol. The lowest BCUT2D eigenvalue weighted by atomic mass is 9.98. The maximum atomic E-state index is 12.3. The lowest BCUT2D eigenvalue weighted by Crippen LogP contribution is -2.41. The van der Waals surface area contributed by atoms with E-state index in [-0.39, 0.29) is 12.5 Å². The van der Waals surface area contributed by atoms with E-state index in [1.54, 1.807) is 7.11 Å². The molecule has 0 saturated carbocycles. The standard InChI is InChI=1S/C23H27NO5/c1-28-14-8-2-3-13-21(22(25)26)24-23(27)29-15-20-18-11-6-4-9-16(18)17-10-5-7-12-19(17)20/h4-7,9-12,20-21H,2-3,8,13-15H2,1H3,(H,24,27)(H,25,26). The highest BCUT2D eigenvalue weighted by Crippen LogP contribution is 2.44. The smallest absolute Gasteiger partial charge is 0.407 e. The van der Waals surface area contributed by atoms with Crippen LogP contribution in [0.4, 0.5) is 4.79 Å². The summed E-state index contributed by atoms with van der Waals surface area (Å²) in [6.07, 6.45) is 2.08. The Kier molecular flexibility index (Phi) is 7.25. The molecule has 0 aromatic heterocycles. The molecule has 2 aromatic carbocycles. The number of methoxy groups -OCH3 is 1. The molecule has 0 saturated heterocycles. The number of aliphatic carboxylic acids is 1. The van der Waals surface area contributed by atoms with E-state index in [0.29, 0.717) is 19.4 Å². The second-order valence-corrected chi connectivity index (χ2v) is 7.20. The molecule has 0 bridgehead atoms. The van der Waals surface area contributed by atoms with Crippen molar-refractivity contribution in [1.29, 1.82) is 0 Å². The average molecular weight is 397 g/mol. The molecule has 0 spiro atoms. The van der Waals surface area contributed by atoms with E-state index in [1.807, 2.05) is 36.4 Å². The molecule has 6 heteroatoms.